The van der Waals surface area contributed by atoms with Gasteiger partial charge in [-0.05, 0) is 62.0 Å². The van der Waals surface area contributed by atoms with Gasteiger partial charge in [0.1, 0.15) is 5.82 Å². The summed E-state index contributed by atoms with van der Waals surface area (Å²) in [5.41, 5.74) is 3.17. The Labute approximate surface area is 183 Å². The van der Waals surface area contributed by atoms with Crippen molar-refractivity contribution in [1.82, 2.24) is 19.8 Å². The summed E-state index contributed by atoms with van der Waals surface area (Å²) in [6, 6.07) is 18.5. The summed E-state index contributed by atoms with van der Waals surface area (Å²) < 4.78 is 2.20. The molecule has 1 N–H and O–H groups in total. The number of aromatic nitrogens is 2. The van der Waals surface area contributed by atoms with Gasteiger partial charge in [-0.3, -0.25) is 9.36 Å². The minimum atomic E-state index is 0. The molecule has 2 aromatic carbocycles. The molecule has 0 aliphatic carbocycles. The zero-order chi connectivity index (χ0) is 19.6. The van der Waals surface area contributed by atoms with Crippen LogP contribution in [0.2, 0.25) is 0 Å². The van der Waals surface area contributed by atoms with Gasteiger partial charge in [0.25, 0.3) is 0 Å². The molecule has 2 aliphatic heterocycles. The monoisotopic (exact) mass is 424 g/mol. The second-order valence-corrected chi connectivity index (χ2v) is 8.32. The topological polar surface area (TPSA) is 50.2 Å². The third-order valence-electron chi connectivity index (χ3n) is 6.58. The molecule has 1 aromatic heterocycles. The molecule has 5 nitrogen and oxygen atoms in total. The molecule has 158 valence electrons. The summed E-state index contributed by atoms with van der Waals surface area (Å²) >= 11 is 0. The zero-order valence-electron chi connectivity index (χ0n) is 17.2. The van der Waals surface area contributed by atoms with Crippen molar-refractivity contribution in [3.05, 3.63) is 60.4 Å². The first-order valence-corrected chi connectivity index (χ1v) is 10.8. The molecule has 0 spiro atoms. The number of hydrogen-bond acceptors (Lipinski definition) is 3. The molecule has 0 unspecified atom stereocenters. The second kappa shape index (κ2) is 9.19. The van der Waals surface area contributed by atoms with E-state index in [1.165, 1.54) is 0 Å². The van der Waals surface area contributed by atoms with Crippen LogP contribution < -0.4 is 5.32 Å². The van der Waals surface area contributed by atoms with E-state index in [4.69, 9.17) is 4.98 Å². The van der Waals surface area contributed by atoms with Gasteiger partial charge in [0, 0.05) is 31.6 Å². The van der Waals surface area contributed by atoms with Crippen LogP contribution in [0.15, 0.2) is 54.6 Å². The number of carbonyl (C=O) groups excluding carboxylic acids is 1. The number of carbonyl (C=O) groups is 1. The average Bonchev–Trinajstić information content (AvgIpc) is 3.31. The summed E-state index contributed by atoms with van der Waals surface area (Å²) in [4.78, 5) is 19.9. The van der Waals surface area contributed by atoms with Crippen LogP contribution in [0, 0.1) is 11.8 Å². The van der Waals surface area contributed by atoms with Gasteiger partial charge in [-0.2, -0.15) is 0 Å². The lowest BCUT2D eigenvalue weighted by Gasteiger charge is -2.21. The van der Waals surface area contributed by atoms with E-state index in [1.807, 2.05) is 36.4 Å². The minimum Gasteiger partial charge on any atom is -0.343 e. The molecule has 1 amide bonds. The van der Waals surface area contributed by atoms with E-state index in [0.717, 1.165) is 73.4 Å². The normalized spacial score (nSPS) is 21.1. The number of rotatable bonds is 4. The highest BCUT2D eigenvalue weighted by molar-refractivity contribution is 5.85. The number of nitrogens with zero attached hydrogens (tertiary/aromatic N) is 3. The van der Waals surface area contributed by atoms with E-state index in [0.29, 0.717) is 12.8 Å². The van der Waals surface area contributed by atoms with Crippen LogP contribution in [-0.2, 0) is 11.2 Å². The van der Waals surface area contributed by atoms with Crippen molar-refractivity contribution >= 4 is 29.3 Å². The smallest absolute Gasteiger partial charge is 0.223 e. The number of aryl methyl sites for hydroxylation is 1. The maximum atomic E-state index is 13.0. The highest BCUT2D eigenvalue weighted by atomic mass is 35.5. The molecule has 0 saturated carbocycles. The predicted octanol–water partition coefficient (Wildman–Crippen LogP) is 3.84. The molecule has 3 aromatic rings. The third kappa shape index (κ3) is 4.09. The molecule has 2 atom stereocenters. The summed E-state index contributed by atoms with van der Waals surface area (Å²) in [6.45, 7) is 4.04. The lowest BCUT2D eigenvalue weighted by molar-refractivity contribution is -0.131. The number of hydrogen-bond donors (Lipinski definition) is 1. The van der Waals surface area contributed by atoms with Crippen LogP contribution in [0.25, 0.3) is 16.7 Å². The Hall–Kier alpha value is -2.37. The fraction of sp³-hybridized carbons (Fsp3) is 0.417. The average molecular weight is 425 g/mol. The predicted molar refractivity (Wildman–Crippen MR) is 122 cm³/mol. The van der Waals surface area contributed by atoms with Gasteiger partial charge in [-0.1, -0.05) is 30.3 Å². The Morgan fingerprint density at radius 3 is 2.37 bits per heavy atom. The van der Waals surface area contributed by atoms with Gasteiger partial charge in [-0.25, -0.2) is 4.98 Å². The van der Waals surface area contributed by atoms with Crippen molar-refractivity contribution < 1.29 is 4.79 Å². The standard InChI is InChI=1S/C24H28N4O.ClH/c29-24(27-14-12-18-16-25-17-19(18)13-15-27)11-10-23-26-21-8-4-5-9-22(21)28(23)20-6-2-1-3-7-20;/h1-9,18-19,25H,10-17H2;1H/t18-,19+;. The number of amides is 1. The summed E-state index contributed by atoms with van der Waals surface area (Å²) in [6.07, 6.45) is 3.44. The fourth-order valence-electron chi connectivity index (χ4n) is 4.95. The van der Waals surface area contributed by atoms with Gasteiger partial charge in [0.05, 0.1) is 11.0 Å². The Morgan fingerprint density at radius 2 is 1.63 bits per heavy atom. The Balaban J connectivity index is 0.00000218. The molecule has 0 bridgehead atoms. The van der Waals surface area contributed by atoms with Crippen LogP contribution >= 0.6 is 12.4 Å². The largest absolute Gasteiger partial charge is 0.343 e. The zero-order valence-corrected chi connectivity index (χ0v) is 18.0. The number of para-hydroxylation sites is 3. The molecule has 0 radical (unpaired) electrons. The van der Waals surface area contributed by atoms with Crippen LogP contribution in [-0.4, -0.2) is 46.5 Å². The Kier molecular flexibility index (Phi) is 6.40. The van der Waals surface area contributed by atoms with Gasteiger partial charge in [0.15, 0.2) is 0 Å². The van der Waals surface area contributed by atoms with Crippen LogP contribution in [0.5, 0.6) is 0 Å². The fourth-order valence-corrected chi connectivity index (χ4v) is 4.95. The van der Waals surface area contributed by atoms with Crippen LogP contribution in [0.4, 0.5) is 0 Å². The number of fused-ring (bicyclic) bond motifs is 2. The molecular weight excluding hydrogens is 396 g/mol. The van der Waals surface area contributed by atoms with Gasteiger partial charge in [-0.15, -0.1) is 12.4 Å². The molecule has 2 aliphatic rings. The minimum absolute atomic E-state index is 0. The van der Waals surface area contributed by atoms with E-state index in [9.17, 15) is 4.79 Å². The Morgan fingerprint density at radius 1 is 0.967 bits per heavy atom. The lowest BCUT2D eigenvalue weighted by atomic mass is 9.92. The van der Waals surface area contributed by atoms with E-state index in [1.54, 1.807) is 0 Å². The highest BCUT2D eigenvalue weighted by Gasteiger charge is 2.31. The van der Waals surface area contributed by atoms with E-state index >= 15 is 0 Å². The van der Waals surface area contributed by atoms with E-state index in [-0.39, 0.29) is 18.3 Å². The molecular formula is C24H29ClN4O. The Bertz CT molecular complexity index is 989. The second-order valence-electron chi connectivity index (χ2n) is 8.32. The van der Waals surface area contributed by atoms with Gasteiger partial charge < -0.3 is 10.2 Å². The quantitative estimate of drug-likeness (QED) is 0.692. The number of benzene rings is 2. The maximum Gasteiger partial charge on any atom is 0.223 e. The number of nitrogens with one attached hydrogen (secondary N) is 1. The molecule has 2 saturated heterocycles. The molecule has 5 rings (SSSR count). The van der Waals surface area contributed by atoms with Crippen molar-refractivity contribution in [2.24, 2.45) is 11.8 Å². The van der Waals surface area contributed by atoms with Crippen LogP contribution in [0.3, 0.4) is 0 Å². The van der Waals surface area contributed by atoms with E-state index in [2.05, 4.69) is 33.0 Å². The van der Waals surface area contributed by atoms with Crippen molar-refractivity contribution in [1.29, 1.82) is 0 Å². The number of likely N-dealkylation sites (tertiary alicyclic amines) is 1. The van der Waals surface area contributed by atoms with Gasteiger partial charge in [0.2, 0.25) is 5.91 Å². The summed E-state index contributed by atoms with van der Waals surface area (Å²) in [7, 11) is 0. The van der Waals surface area contributed by atoms with Crippen molar-refractivity contribution in [3.63, 3.8) is 0 Å². The third-order valence-corrected chi connectivity index (χ3v) is 6.58. The first-order valence-electron chi connectivity index (χ1n) is 10.8. The summed E-state index contributed by atoms with van der Waals surface area (Å²) in [5.74, 6) is 2.72. The van der Waals surface area contributed by atoms with Gasteiger partial charge >= 0.3 is 0 Å². The number of halogens is 1. The SMILES string of the molecule is Cl.O=C(CCc1nc2ccccc2n1-c1ccccc1)N1CC[C@@H]2CNC[C@@H]2CC1. The van der Waals surface area contributed by atoms with E-state index < -0.39 is 0 Å². The van der Waals surface area contributed by atoms with Crippen molar-refractivity contribution in [2.45, 2.75) is 25.7 Å². The van der Waals surface area contributed by atoms with Crippen molar-refractivity contribution in [2.75, 3.05) is 26.2 Å². The highest BCUT2D eigenvalue weighted by Crippen LogP contribution is 2.28. The molecule has 3 heterocycles. The summed E-state index contributed by atoms with van der Waals surface area (Å²) in [5, 5.41) is 3.50. The lowest BCUT2D eigenvalue weighted by Crippen LogP contribution is -2.33. The molecule has 2 fully saturated rings. The van der Waals surface area contributed by atoms with Crippen molar-refractivity contribution in [3.8, 4) is 5.69 Å². The molecule has 6 heteroatoms. The first-order chi connectivity index (χ1) is 14.3. The number of imidazole rings is 1. The molecule has 30 heavy (non-hydrogen) atoms. The first kappa shape index (κ1) is 20.9. The van der Waals surface area contributed by atoms with Crippen LogP contribution in [0.1, 0.15) is 25.1 Å². The maximum absolute atomic E-state index is 13.0.